The second-order valence-corrected chi connectivity index (χ2v) is 5.31. The highest BCUT2D eigenvalue weighted by atomic mass is 79.9. The first-order chi connectivity index (χ1) is 9.65. The summed E-state index contributed by atoms with van der Waals surface area (Å²) in [6.07, 6.45) is 0. The minimum atomic E-state index is -0.339. The van der Waals surface area contributed by atoms with Crippen molar-refractivity contribution >= 4 is 26.8 Å². The summed E-state index contributed by atoms with van der Waals surface area (Å²) in [5, 5.41) is 5.48. The maximum atomic E-state index is 13.4. The third-order valence-electron chi connectivity index (χ3n) is 3.10. The molecule has 3 nitrogen and oxygen atoms in total. The maximum Gasteiger partial charge on any atom is 0.141 e. The number of aromatic nitrogens is 2. The minimum absolute atomic E-state index is 0.308. The second-order valence-electron chi connectivity index (χ2n) is 4.45. The Morgan fingerprint density at radius 3 is 2.85 bits per heavy atom. The van der Waals surface area contributed by atoms with Gasteiger partial charge < -0.3 is 4.74 Å². The van der Waals surface area contributed by atoms with E-state index < -0.39 is 0 Å². The highest BCUT2D eigenvalue weighted by Gasteiger charge is 2.09. The predicted octanol–water partition coefficient (Wildman–Crippen LogP) is 4.05. The molecule has 1 aromatic heterocycles. The van der Waals surface area contributed by atoms with Crippen LogP contribution >= 0.6 is 15.9 Å². The van der Waals surface area contributed by atoms with Gasteiger partial charge in [0.05, 0.1) is 9.99 Å². The Labute approximate surface area is 124 Å². The molecule has 20 heavy (non-hydrogen) atoms. The van der Waals surface area contributed by atoms with Crippen LogP contribution in [-0.4, -0.2) is 9.78 Å². The molecule has 0 unspecified atom stereocenters. The Morgan fingerprint density at radius 2 is 2.05 bits per heavy atom. The molecule has 3 rings (SSSR count). The third kappa shape index (κ3) is 2.41. The van der Waals surface area contributed by atoms with Gasteiger partial charge in [0.25, 0.3) is 0 Å². The summed E-state index contributed by atoms with van der Waals surface area (Å²) in [6.45, 7) is 0.308. The van der Waals surface area contributed by atoms with Gasteiger partial charge in [-0.3, -0.25) is 4.68 Å². The molecular formula is C15H12BrFN2O. The van der Waals surface area contributed by atoms with Crippen molar-refractivity contribution in [1.82, 2.24) is 9.78 Å². The predicted molar refractivity (Wildman–Crippen MR) is 79.1 cm³/mol. The lowest BCUT2D eigenvalue weighted by Crippen LogP contribution is -1.98. The zero-order valence-electron chi connectivity index (χ0n) is 10.8. The van der Waals surface area contributed by atoms with Crippen molar-refractivity contribution in [2.45, 2.75) is 6.61 Å². The Kier molecular flexibility index (Phi) is 3.44. The normalized spacial score (nSPS) is 10.9. The van der Waals surface area contributed by atoms with Crippen molar-refractivity contribution in [3.8, 4) is 5.75 Å². The highest BCUT2D eigenvalue weighted by molar-refractivity contribution is 9.10. The molecule has 0 spiro atoms. The van der Waals surface area contributed by atoms with E-state index in [1.165, 1.54) is 6.07 Å². The first-order valence-corrected chi connectivity index (χ1v) is 6.93. The number of para-hydroxylation sites is 1. The Bertz CT molecular complexity index is 770. The van der Waals surface area contributed by atoms with Gasteiger partial charge in [0.1, 0.15) is 23.9 Å². The molecule has 0 aliphatic carbocycles. The number of hydrogen-bond acceptors (Lipinski definition) is 2. The summed E-state index contributed by atoms with van der Waals surface area (Å²) < 4.78 is 21.3. The molecule has 3 aromatic rings. The van der Waals surface area contributed by atoms with Crippen LogP contribution in [0.2, 0.25) is 0 Å². The number of halogens is 2. The zero-order chi connectivity index (χ0) is 14.1. The van der Waals surface area contributed by atoms with E-state index in [1.54, 1.807) is 12.1 Å². The third-order valence-corrected chi connectivity index (χ3v) is 3.74. The Morgan fingerprint density at radius 1 is 1.25 bits per heavy atom. The lowest BCUT2D eigenvalue weighted by molar-refractivity contribution is 0.299. The molecule has 0 atom stereocenters. The molecule has 0 aliphatic heterocycles. The van der Waals surface area contributed by atoms with E-state index in [9.17, 15) is 4.39 Å². The van der Waals surface area contributed by atoms with Gasteiger partial charge in [0, 0.05) is 18.5 Å². The fourth-order valence-corrected chi connectivity index (χ4v) is 2.36. The van der Waals surface area contributed by atoms with Gasteiger partial charge in [-0.25, -0.2) is 4.39 Å². The van der Waals surface area contributed by atoms with Gasteiger partial charge in [-0.05, 0) is 34.1 Å². The summed E-state index contributed by atoms with van der Waals surface area (Å²) in [4.78, 5) is 0. The summed E-state index contributed by atoms with van der Waals surface area (Å²) in [5.41, 5.74) is 1.89. The molecule has 5 heteroatoms. The fraction of sp³-hybridized carbons (Fsp3) is 0.133. The van der Waals surface area contributed by atoms with Crippen molar-refractivity contribution in [2.24, 2.45) is 7.05 Å². The van der Waals surface area contributed by atoms with Crippen LogP contribution in [0.5, 0.6) is 5.75 Å². The number of ether oxygens (including phenoxy) is 1. The van der Waals surface area contributed by atoms with Crippen LogP contribution in [0, 0.1) is 5.82 Å². The van der Waals surface area contributed by atoms with Crippen molar-refractivity contribution in [2.75, 3.05) is 0 Å². The molecule has 0 saturated heterocycles. The van der Waals surface area contributed by atoms with Gasteiger partial charge in [0.2, 0.25) is 0 Å². The molecule has 0 aliphatic rings. The Balaban J connectivity index is 1.85. The van der Waals surface area contributed by atoms with Gasteiger partial charge in [-0.2, -0.15) is 5.10 Å². The van der Waals surface area contributed by atoms with Gasteiger partial charge in [0.15, 0.2) is 0 Å². The van der Waals surface area contributed by atoms with Crippen molar-refractivity contribution in [3.63, 3.8) is 0 Å². The molecule has 0 radical (unpaired) electrons. The molecule has 0 saturated carbocycles. The van der Waals surface area contributed by atoms with Crippen LogP contribution in [0.4, 0.5) is 4.39 Å². The van der Waals surface area contributed by atoms with Crippen LogP contribution < -0.4 is 4.74 Å². The summed E-state index contributed by atoms with van der Waals surface area (Å²) >= 11 is 3.12. The first-order valence-electron chi connectivity index (χ1n) is 6.13. The van der Waals surface area contributed by atoms with Crippen LogP contribution in [0.1, 0.15) is 5.69 Å². The minimum Gasteiger partial charge on any atom is -0.487 e. The fourth-order valence-electron chi connectivity index (χ4n) is 2.11. The van der Waals surface area contributed by atoms with Crippen LogP contribution in [0.15, 0.2) is 46.9 Å². The van der Waals surface area contributed by atoms with E-state index in [0.29, 0.717) is 16.8 Å². The molecule has 2 aromatic carbocycles. The van der Waals surface area contributed by atoms with Crippen LogP contribution in [0.3, 0.4) is 0 Å². The van der Waals surface area contributed by atoms with E-state index in [1.807, 2.05) is 36.0 Å². The van der Waals surface area contributed by atoms with E-state index in [2.05, 4.69) is 21.0 Å². The lowest BCUT2D eigenvalue weighted by atomic mass is 10.2. The number of nitrogens with zero attached hydrogens (tertiary/aromatic N) is 2. The van der Waals surface area contributed by atoms with Crippen LogP contribution in [0.25, 0.3) is 10.9 Å². The van der Waals surface area contributed by atoms with Gasteiger partial charge in [-0.1, -0.05) is 18.2 Å². The number of fused-ring (bicyclic) bond motifs is 1. The van der Waals surface area contributed by atoms with Crippen molar-refractivity contribution in [1.29, 1.82) is 0 Å². The molecule has 102 valence electrons. The first kappa shape index (κ1) is 13.1. The monoisotopic (exact) mass is 334 g/mol. The largest absolute Gasteiger partial charge is 0.487 e. The highest BCUT2D eigenvalue weighted by Crippen LogP contribution is 2.23. The number of hydrogen-bond donors (Lipinski definition) is 0. The maximum absolute atomic E-state index is 13.4. The average molecular weight is 335 g/mol. The molecule has 1 heterocycles. The van der Waals surface area contributed by atoms with Gasteiger partial charge >= 0.3 is 0 Å². The number of benzene rings is 2. The van der Waals surface area contributed by atoms with E-state index in [0.717, 1.165) is 16.6 Å². The Hall–Kier alpha value is -1.88. The molecular weight excluding hydrogens is 323 g/mol. The standard InChI is InChI=1S/C15H12BrFN2O/c1-19-15-5-3-2-4-11(15)14(18-19)9-20-10-6-7-12(16)13(17)8-10/h2-8H,9H2,1H3. The van der Waals surface area contributed by atoms with E-state index in [-0.39, 0.29) is 5.82 Å². The summed E-state index contributed by atoms with van der Waals surface area (Å²) in [7, 11) is 1.89. The quantitative estimate of drug-likeness (QED) is 0.722. The molecule has 0 amide bonds. The molecule has 0 N–H and O–H groups in total. The number of aryl methyl sites for hydroxylation is 1. The van der Waals surface area contributed by atoms with E-state index in [4.69, 9.17) is 4.74 Å². The second kappa shape index (κ2) is 5.25. The van der Waals surface area contributed by atoms with Crippen molar-refractivity contribution in [3.05, 3.63) is 58.4 Å². The summed E-state index contributed by atoms with van der Waals surface area (Å²) in [6, 6.07) is 12.6. The lowest BCUT2D eigenvalue weighted by Gasteiger charge is -2.05. The molecule has 0 bridgehead atoms. The smallest absolute Gasteiger partial charge is 0.141 e. The number of rotatable bonds is 3. The van der Waals surface area contributed by atoms with Gasteiger partial charge in [-0.15, -0.1) is 0 Å². The SMILES string of the molecule is Cn1nc(COc2ccc(Br)c(F)c2)c2ccccc21. The molecule has 0 fully saturated rings. The summed E-state index contributed by atoms with van der Waals surface area (Å²) in [5.74, 6) is 0.147. The topological polar surface area (TPSA) is 27.1 Å². The van der Waals surface area contributed by atoms with Crippen molar-refractivity contribution < 1.29 is 9.13 Å². The average Bonchev–Trinajstić information content (AvgIpc) is 2.78. The zero-order valence-corrected chi connectivity index (χ0v) is 12.4. The van der Waals surface area contributed by atoms with Crippen LogP contribution in [-0.2, 0) is 13.7 Å². The van der Waals surface area contributed by atoms with E-state index >= 15 is 0 Å².